The summed E-state index contributed by atoms with van der Waals surface area (Å²) in [6.45, 7) is 0. The van der Waals surface area contributed by atoms with Gasteiger partial charge in [-0.05, 0) is 77.9 Å². The number of carboxylic acids is 1. The number of carbonyl (C=O) groups is 2. The predicted molar refractivity (Wildman–Crippen MR) is 116 cm³/mol. The fourth-order valence-corrected chi connectivity index (χ4v) is 2.80. The number of carbonyl (C=O) groups excluding carboxylic acids is 1. The van der Waals surface area contributed by atoms with E-state index in [0.717, 1.165) is 15.6 Å². The lowest BCUT2D eigenvalue weighted by atomic mass is 10.2. The predicted octanol–water partition coefficient (Wildman–Crippen LogP) is 5.52. The fourth-order valence-electron chi connectivity index (χ4n) is 2.39. The Morgan fingerprint density at radius 1 is 0.931 bits per heavy atom. The van der Waals surface area contributed by atoms with E-state index in [1.807, 2.05) is 24.3 Å². The Balaban J connectivity index is 1.58. The molecule has 0 aliphatic heterocycles. The van der Waals surface area contributed by atoms with E-state index in [2.05, 4.69) is 20.9 Å². The molecule has 0 atom stereocenters. The first-order valence-corrected chi connectivity index (χ1v) is 9.42. The van der Waals surface area contributed by atoms with Crippen LogP contribution in [0.5, 0.6) is 5.75 Å². The Hall–Kier alpha value is -3.51. The van der Waals surface area contributed by atoms with E-state index in [0.29, 0.717) is 11.4 Å². The number of esters is 1. The minimum absolute atomic E-state index is 0.212. The van der Waals surface area contributed by atoms with Crippen molar-refractivity contribution < 1.29 is 19.4 Å². The molecule has 0 heterocycles. The maximum atomic E-state index is 12.0. The molecule has 3 rings (SSSR count). The van der Waals surface area contributed by atoms with Crippen molar-refractivity contribution in [1.29, 1.82) is 0 Å². The van der Waals surface area contributed by atoms with Crippen molar-refractivity contribution in [3.63, 3.8) is 0 Å². The van der Waals surface area contributed by atoms with E-state index in [1.165, 1.54) is 18.2 Å². The van der Waals surface area contributed by atoms with Gasteiger partial charge in [-0.15, -0.1) is 0 Å². The lowest BCUT2D eigenvalue weighted by Crippen LogP contribution is -2.03. The van der Waals surface area contributed by atoms with Gasteiger partial charge >= 0.3 is 11.9 Å². The highest BCUT2D eigenvalue weighted by atomic mass is 79.9. The number of ether oxygens (including phenoxy) is 1. The van der Waals surface area contributed by atoms with Crippen molar-refractivity contribution in [1.82, 2.24) is 0 Å². The van der Waals surface area contributed by atoms with Gasteiger partial charge in [0.05, 0.1) is 11.3 Å². The summed E-state index contributed by atoms with van der Waals surface area (Å²) in [6, 6.07) is 20.7. The summed E-state index contributed by atoms with van der Waals surface area (Å²) in [5, 5.41) is 8.89. The quantitative estimate of drug-likeness (QED) is 0.232. The molecule has 29 heavy (non-hydrogen) atoms. The third-order valence-corrected chi connectivity index (χ3v) is 4.33. The van der Waals surface area contributed by atoms with Crippen molar-refractivity contribution in [2.24, 2.45) is 4.99 Å². The zero-order valence-electron chi connectivity index (χ0n) is 15.2. The summed E-state index contributed by atoms with van der Waals surface area (Å²) in [4.78, 5) is 27.1. The summed E-state index contributed by atoms with van der Waals surface area (Å²) in [6.07, 6.45) is 4.70. The maximum Gasteiger partial charge on any atom is 0.336 e. The zero-order valence-corrected chi connectivity index (χ0v) is 16.7. The van der Waals surface area contributed by atoms with E-state index in [4.69, 9.17) is 9.84 Å². The Kier molecular flexibility index (Phi) is 6.71. The van der Waals surface area contributed by atoms with Crippen LogP contribution in [-0.4, -0.2) is 23.3 Å². The molecule has 0 spiro atoms. The van der Waals surface area contributed by atoms with Crippen molar-refractivity contribution in [3.8, 4) is 5.75 Å². The number of carboxylic acid groups (broad SMARTS) is 1. The van der Waals surface area contributed by atoms with Crippen LogP contribution in [0.15, 0.2) is 88.3 Å². The van der Waals surface area contributed by atoms with Gasteiger partial charge in [0.25, 0.3) is 0 Å². The molecular formula is C23H16BrNO4. The summed E-state index contributed by atoms with van der Waals surface area (Å²) in [7, 11) is 0. The summed E-state index contributed by atoms with van der Waals surface area (Å²) in [5.74, 6) is -1.01. The number of hydrogen-bond donors (Lipinski definition) is 1. The average molecular weight is 450 g/mol. The molecule has 0 saturated carbocycles. The largest absolute Gasteiger partial charge is 0.478 e. The number of aromatic carboxylic acids is 1. The highest BCUT2D eigenvalue weighted by Crippen LogP contribution is 2.16. The van der Waals surface area contributed by atoms with Crippen LogP contribution < -0.4 is 4.74 Å². The standard InChI is InChI=1S/C23H16BrNO4/c24-19-3-1-2-16(14-19)6-13-22(26)29-21-11-4-17(5-12-21)15-25-20-9-7-18(8-10-20)23(27)28/h1-15H,(H,27,28)/b13-6+,25-15+. The molecule has 6 heteroatoms. The molecule has 0 aliphatic rings. The molecule has 0 amide bonds. The molecule has 0 aromatic heterocycles. The molecule has 3 aromatic carbocycles. The van der Waals surface area contributed by atoms with Gasteiger partial charge in [0.1, 0.15) is 5.75 Å². The molecule has 0 radical (unpaired) electrons. The lowest BCUT2D eigenvalue weighted by molar-refractivity contribution is -0.128. The van der Waals surface area contributed by atoms with Gasteiger partial charge in [-0.2, -0.15) is 0 Å². The number of rotatable bonds is 6. The lowest BCUT2D eigenvalue weighted by Gasteiger charge is -2.02. The van der Waals surface area contributed by atoms with Gasteiger partial charge in [-0.1, -0.05) is 28.1 Å². The Morgan fingerprint density at radius 2 is 1.66 bits per heavy atom. The van der Waals surface area contributed by atoms with Gasteiger partial charge in [0.2, 0.25) is 0 Å². The topological polar surface area (TPSA) is 76.0 Å². The average Bonchev–Trinajstić information content (AvgIpc) is 2.72. The Bertz CT molecular complexity index is 1070. The molecule has 0 aliphatic carbocycles. The van der Waals surface area contributed by atoms with Crippen molar-refractivity contribution >= 4 is 45.8 Å². The van der Waals surface area contributed by atoms with Crippen LogP contribution in [0.4, 0.5) is 5.69 Å². The van der Waals surface area contributed by atoms with E-state index < -0.39 is 11.9 Å². The van der Waals surface area contributed by atoms with Gasteiger partial charge in [0.15, 0.2) is 0 Å². The maximum absolute atomic E-state index is 12.0. The third kappa shape index (κ3) is 6.26. The fraction of sp³-hybridized carbons (Fsp3) is 0. The van der Waals surface area contributed by atoms with Gasteiger partial charge in [-0.25, -0.2) is 9.59 Å². The molecule has 1 N–H and O–H groups in total. The first kappa shape index (κ1) is 20.2. The van der Waals surface area contributed by atoms with Crippen LogP contribution in [0.1, 0.15) is 21.5 Å². The smallest absolute Gasteiger partial charge is 0.336 e. The third-order valence-electron chi connectivity index (χ3n) is 3.84. The number of halogens is 1. The van der Waals surface area contributed by atoms with Crippen LogP contribution in [-0.2, 0) is 4.79 Å². The van der Waals surface area contributed by atoms with Gasteiger partial charge < -0.3 is 9.84 Å². The Morgan fingerprint density at radius 3 is 2.31 bits per heavy atom. The zero-order chi connectivity index (χ0) is 20.6. The van der Waals surface area contributed by atoms with Crippen LogP contribution in [0.3, 0.4) is 0 Å². The van der Waals surface area contributed by atoms with Crippen LogP contribution in [0, 0.1) is 0 Å². The van der Waals surface area contributed by atoms with Crippen molar-refractivity contribution in [2.45, 2.75) is 0 Å². The molecular weight excluding hydrogens is 434 g/mol. The van der Waals surface area contributed by atoms with E-state index in [9.17, 15) is 9.59 Å². The molecule has 5 nitrogen and oxygen atoms in total. The van der Waals surface area contributed by atoms with E-state index in [1.54, 1.807) is 48.7 Å². The van der Waals surface area contributed by atoms with Gasteiger partial charge in [0, 0.05) is 16.8 Å². The molecule has 0 fully saturated rings. The summed E-state index contributed by atoms with van der Waals surface area (Å²) < 4.78 is 6.22. The number of benzene rings is 3. The second-order valence-electron chi connectivity index (χ2n) is 5.99. The van der Waals surface area contributed by atoms with E-state index >= 15 is 0 Å². The highest BCUT2D eigenvalue weighted by molar-refractivity contribution is 9.10. The summed E-state index contributed by atoms with van der Waals surface area (Å²) in [5.41, 5.74) is 2.56. The van der Waals surface area contributed by atoms with Crippen molar-refractivity contribution in [2.75, 3.05) is 0 Å². The number of hydrogen-bond acceptors (Lipinski definition) is 4. The molecule has 0 saturated heterocycles. The minimum Gasteiger partial charge on any atom is -0.478 e. The summed E-state index contributed by atoms with van der Waals surface area (Å²) >= 11 is 3.38. The molecule has 0 unspecified atom stereocenters. The first-order chi connectivity index (χ1) is 14.0. The monoisotopic (exact) mass is 449 g/mol. The SMILES string of the molecule is O=C(/C=C/c1cccc(Br)c1)Oc1ccc(/C=N/c2ccc(C(=O)O)cc2)cc1. The number of nitrogens with zero attached hydrogens (tertiary/aromatic N) is 1. The number of aliphatic imine (C=N–C) groups is 1. The van der Waals surface area contributed by atoms with E-state index in [-0.39, 0.29) is 5.56 Å². The molecule has 144 valence electrons. The van der Waals surface area contributed by atoms with Crippen LogP contribution >= 0.6 is 15.9 Å². The second kappa shape index (κ2) is 9.61. The minimum atomic E-state index is -0.975. The molecule has 3 aromatic rings. The highest BCUT2D eigenvalue weighted by Gasteiger charge is 2.02. The van der Waals surface area contributed by atoms with Crippen molar-refractivity contribution in [3.05, 3.63) is 100 Å². The molecule has 0 bridgehead atoms. The normalized spacial score (nSPS) is 11.1. The van der Waals surface area contributed by atoms with Crippen LogP contribution in [0.25, 0.3) is 6.08 Å². The second-order valence-corrected chi connectivity index (χ2v) is 6.90. The van der Waals surface area contributed by atoms with Gasteiger partial charge in [-0.3, -0.25) is 4.99 Å². The first-order valence-electron chi connectivity index (χ1n) is 8.62. The Labute approximate surface area is 176 Å². The van der Waals surface area contributed by atoms with Crippen LogP contribution in [0.2, 0.25) is 0 Å².